The normalized spacial score (nSPS) is 14.8. The third kappa shape index (κ3) is 4.09. The number of halogens is 4. The predicted molar refractivity (Wildman–Crippen MR) is 131 cm³/mol. The van der Waals surface area contributed by atoms with Gasteiger partial charge in [-0.25, -0.2) is 13.2 Å². The van der Waals surface area contributed by atoms with Crippen LogP contribution in [0.15, 0.2) is 48.8 Å². The second kappa shape index (κ2) is 9.31. The molecule has 184 valence electrons. The number of amides is 1. The average molecular weight is 513 g/mol. The van der Waals surface area contributed by atoms with Crippen molar-refractivity contribution in [3.63, 3.8) is 0 Å². The van der Waals surface area contributed by atoms with Gasteiger partial charge >= 0.3 is 0 Å². The number of carbonyl (C=O) groups is 1. The second-order valence-electron chi connectivity index (χ2n) is 8.54. The van der Waals surface area contributed by atoms with E-state index in [-0.39, 0.29) is 33.2 Å². The van der Waals surface area contributed by atoms with Gasteiger partial charge in [-0.15, -0.1) is 0 Å². The van der Waals surface area contributed by atoms with E-state index in [1.807, 2.05) is 24.3 Å². The topological polar surface area (TPSA) is 67.4 Å². The summed E-state index contributed by atoms with van der Waals surface area (Å²) in [5.41, 5.74) is 1.40. The van der Waals surface area contributed by atoms with Crippen LogP contribution in [-0.4, -0.2) is 36.6 Å². The average Bonchev–Trinajstić information content (AvgIpc) is 2.85. The third-order valence-corrected chi connectivity index (χ3v) is 6.31. The Balaban J connectivity index is 1.63. The molecule has 3 heterocycles. The van der Waals surface area contributed by atoms with Crippen LogP contribution >= 0.6 is 11.6 Å². The summed E-state index contributed by atoms with van der Waals surface area (Å²) in [6, 6.07) is 8.51. The molecule has 0 radical (unpaired) electrons. The fourth-order valence-electron chi connectivity index (χ4n) is 4.44. The molecule has 0 unspecified atom stereocenters. The third-order valence-electron chi connectivity index (χ3n) is 6.03. The molecule has 0 fully saturated rings. The van der Waals surface area contributed by atoms with Crippen LogP contribution in [0.1, 0.15) is 28.4 Å². The van der Waals surface area contributed by atoms with Crippen molar-refractivity contribution in [2.75, 3.05) is 25.6 Å². The minimum absolute atomic E-state index is 0.0222. The number of ether oxygens (including phenoxy) is 1. The molecule has 10 heteroatoms. The number of rotatable bonds is 4. The number of para-hydroxylation sites is 1. The number of aromatic nitrogens is 2. The summed E-state index contributed by atoms with van der Waals surface area (Å²) in [4.78, 5) is 23.8. The van der Waals surface area contributed by atoms with E-state index in [9.17, 15) is 18.0 Å². The lowest BCUT2D eigenvalue weighted by Crippen LogP contribution is -2.33. The molecule has 5 rings (SSSR count). The summed E-state index contributed by atoms with van der Waals surface area (Å²) < 4.78 is 48.3. The van der Waals surface area contributed by atoms with Crippen LogP contribution in [0.5, 0.6) is 5.75 Å². The molecule has 1 atom stereocenters. The Kier molecular flexibility index (Phi) is 6.17. The SMILES string of the molecule is CN(C)c1c(C(=O)N[C@H]2CCOc3ccccc32)cnc2c(-c3cc(F)cc(F)c3F)c(Cl)cnc12. The lowest BCUT2D eigenvalue weighted by Gasteiger charge is -2.27. The standard InChI is InChI=1S/C26H20ClF3N4O2/c1-34(2)25-16(26(35)33-19-7-8-36-20-6-4-3-5-14(19)20)11-31-23-21(17(27)12-32-24(23)25)15-9-13(28)10-18(29)22(15)30/h3-6,9-12,19H,7-8H2,1-2H3,(H,33,35)/t19-/m0/s1. The van der Waals surface area contributed by atoms with Crippen molar-refractivity contribution in [1.29, 1.82) is 0 Å². The van der Waals surface area contributed by atoms with Crippen LogP contribution in [0.3, 0.4) is 0 Å². The summed E-state index contributed by atoms with van der Waals surface area (Å²) in [5, 5.41) is 2.99. The summed E-state index contributed by atoms with van der Waals surface area (Å²) in [5.74, 6) is -3.27. The zero-order chi connectivity index (χ0) is 25.6. The van der Waals surface area contributed by atoms with Crippen molar-refractivity contribution in [3.8, 4) is 16.9 Å². The molecule has 6 nitrogen and oxygen atoms in total. The summed E-state index contributed by atoms with van der Waals surface area (Å²) in [6.45, 7) is 0.456. The summed E-state index contributed by atoms with van der Waals surface area (Å²) in [6.07, 6.45) is 3.16. The molecule has 0 spiro atoms. The monoisotopic (exact) mass is 512 g/mol. The number of carbonyl (C=O) groups excluding carboxylic acids is 1. The van der Waals surface area contributed by atoms with E-state index >= 15 is 0 Å². The van der Waals surface area contributed by atoms with E-state index in [0.29, 0.717) is 30.5 Å². The molecule has 0 saturated carbocycles. The number of anilines is 1. The first-order valence-corrected chi connectivity index (χ1v) is 11.5. The first kappa shape index (κ1) is 23.9. The quantitative estimate of drug-likeness (QED) is 0.356. The number of hydrogen-bond donors (Lipinski definition) is 1. The Morgan fingerprint density at radius 3 is 2.64 bits per heavy atom. The fourth-order valence-corrected chi connectivity index (χ4v) is 4.68. The minimum atomic E-state index is -1.35. The van der Waals surface area contributed by atoms with E-state index in [1.54, 1.807) is 19.0 Å². The Hall–Kier alpha value is -3.85. The molecule has 0 saturated heterocycles. The molecular weight excluding hydrogens is 493 g/mol. The van der Waals surface area contributed by atoms with E-state index < -0.39 is 28.9 Å². The van der Waals surface area contributed by atoms with E-state index in [4.69, 9.17) is 16.3 Å². The highest BCUT2D eigenvalue weighted by molar-refractivity contribution is 6.34. The van der Waals surface area contributed by atoms with E-state index in [0.717, 1.165) is 11.6 Å². The van der Waals surface area contributed by atoms with Gasteiger partial charge in [-0.1, -0.05) is 29.8 Å². The fraction of sp³-hybridized carbons (Fsp3) is 0.192. The van der Waals surface area contributed by atoms with Crippen molar-refractivity contribution in [2.45, 2.75) is 12.5 Å². The molecule has 36 heavy (non-hydrogen) atoms. The lowest BCUT2D eigenvalue weighted by molar-refractivity contribution is 0.0925. The van der Waals surface area contributed by atoms with Crippen LogP contribution in [0.25, 0.3) is 22.2 Å². The van der Waals surface area contributed by atoms with Gasteiger partial charge in [0.25, 0.3) is 5.91 Å². The molecule has 1 N–H and O–H groups in total. The highest BCUT2D eigenvalue weighted by Gasteiger charge is 2.27. The Morgan fingerprint density at radius 2 is 1.86 bits per heavy atom. The number of nitrogens with one attached hydrogen (secondary N) is 1. The highest BCUT2D eigenvalue weighted by atomic mass is 35.5. The summed E-state index contributed by atoms with van der Waals surface area (Å²) >= 11 is 6.31. The van der Waals surface area contributed by atoms with Gasteiger partial charge in [0.05, 0.1) is 28.9 Å². The van der Waals surface area contributed by atoms with Crippen LogP contribution in [0, 0.1) is 17.5 Å². The molecule has 0 aliphatic carbocycles. The maximum atomic E-state index is 14.7. The Morgan fingerprint density at radius 1 is 1.11 bits per heavy atom. The smallest absolute Gasteiger partial charge is 0.255 e. The van der Waals surface area contributed by atoms with E-state index in [2.05, 4.69) is 15.3 Å². The number of hydrogen-bond acceptors (Lipinski definition) is 5. The zero-order valence-corrected chi connectivity index (χ0v) is 20.0. The van der Waals surface area contributed by atoms with Crippen LogP contribution < -0.4 is 15.0 Å². The van der Waals surface area contributed by atoms with Gasteiger partial charge < -0.3 is 15.0 Å². The van der Waals surface area contributed by atoms with Crippen molar-refractivity contribution in [1.82, 2.24) is 15.3 Å². The number of fused-ring (bicyclic) bond motifs is 2. The Labute approximate surface area is 209 Å². The largest absolute Gasteiger partial charge is 0.493 e. The number of nitrogens with zero attached hydrogens (tertiary/aromatic N) is 3. The molecule has 0 bridgehead atoms. The molecule has 1 aliphatic rings. The highest BCUT2D eigenvalue weighted by Crippen LogP contribution is 2.39. The van der Waals surface area contributed by atoms with Crippen LogP contribution in [0.2, 0.25) is 5.02 Å². The lowest BCUT2D eigenvalue weighted by atomic mass is 9.99. The molecule has 2 aromatic carbocycles. The van der Waals surface area contributed by atoms with Crippen LogP contribution in [0.4, 0.5) is 18.9 Å². The first-order chi connectivity index (χ1) is 17.3. The Bertz CT molecular complexity index is 1510. The molecule has 4 aromatic rings. The predicted octanol–water partition coefficient (Wildman–Crippen LogP) is 5.69. The molecule has 1 amide bonds. The number of benzene rings is 2. The zero-order valence-electron chi connectivity index (χ0n) is 19.3. The van der Waals surface area contributed by atoms with Gasteiger partial charge in [-0.05, 0) is 12.1 Å². The van der Waals surface area contributed by atoms with Crippen LogP contribution in [-0.2, 0) is 0 Å². The van der Waals surface area contributed by atoms with Crippen molar-refractivity contribution >= 4 is 34.2 Å². The summed E-state index contributed by atoms with van der Waals surface area (Å²) in [7, 11) is 3.43. The molecule has 1 aliphatic heterocycles. The molecule has 2 aromatic heterocycles. The van der Waals surface area contributed by atoms with Gasteiger partial charge in [0.15, 0.2) is 11.6 Å². The van der Waals surface area contributed by atoms with Crippen molar-refractivity contribution in [3.05, 3.63) is 82.4 Å². The van der Waals surface area contributed by atoms with E-state index in [1.165, 1.54) is 12.4 Å². The molecular formula is C26H20ClF3N4O2. The maximum absolute atomic E-state index is 14.7. The van der Waals surface area contributed by atoms with Crippen molar-refractivity contribution in [2.24, 2.45) is 0 Å². The maximum Gasteiger partial charge on any atom is 0.255 e. The van der Waals surface area contributed by atoms with Gasteiger partial charge in [-0.3, -0.25) is 14.8 Å². The second-order valence-corrected chi connectivity index (χ2v) is 8.95. The van der Waals surface area contributed by atoms with Gasteiger partial charge in [0, 0.05) is 55.7 Å². The van der Waals surface area contributed by atoms with Gasteiger partial charge in [0.1, 0.15) is 22.6 Å². The van der Waals surface area contributed by atoms with Gasteiger partial charge in [0.2, 0.25) is 0 Å². The minimum Gasteiger partial charge on any atom is -0.493 e. The van der Waals surface area contributed by atoms with Crippen molar-refractivity contribution < 1.29 is 22.7 Å². The number of pyridine rings is 2. The van der Waals surface area contributed by atoms with Gasteiger partial charge in [-0.2, -0.15) is 0 Å². The first-order valence-electron chi connectivity index (χ1n) is 11.1.